The molecule has 0 aliphatic carbocycles. The van der Waals surface area contributed by atoms with Gasteiger partial charge in [0.1, 0.15) is 5.82 Å². The van der Waals surface area contributed by atoms with E-state index in [2.05, 4.69) is 14.9 Å². The van der Waals surface area contributed by atoms with Gasteiger partial charge in [-0.2, -0.15) is 0 Å². The van der Waals surface area contributed by atoms with Crippen LogP contribution in [0.25, 0.3) is 11.3 Å². The summed E-state index contributed by atoms with van der Waals surface area (Å²) in [5.74, 6) is -0.0548. The van der Waals surface area contributed by atoms with E-state index < -0.39 is 0 Å². The lowest BCUT2D eigenvalue weighted by Crippen LogP contribution is -2.41. The molecule has 1 amide bonds. The van der Waals surface area contributed by atoms with Gasteiger partial charge in [0.25, 0.3) is 0 Å². The molecule has 6 heteroatoms. The lowest BCUT2D eigenvalue weighted by Gasteiger charge is -2.33. The van der Waals surface area contributed by atoms with Crippen LogP contribution in [-0.2, 0) is 4.79 Å². The second-order valence-electron chi connectivity index (χ2n) is 6.63. The lowest BCUT2D eigenvalue weighted by molar-refractivity contribution is -0.130. The summed E-state index contributed by atoms with van der Waals surface area (Å²) in [6.45, 7) is 2.03. The molecule has 2 aromatic rings. The highest BCUT2D eigenvalue weighted by Gasteiger charge is 2.27. The third kappa shape index (κ3) is 4.02. The smallest absolute Gasteiger partial charge is 0.236 e. The number of likely N-dealkylation sites (tertiary alicyclic amines) is 1. The van der Waals surface area contributed by atoms with Crippen LogP contribution in [0.4, 0.5) is 4.39 Å². The summed E-state index contributed by atoms with van der Waals surface area (Å²) in [5.41, 5.74) is 1.90. The standard InChI is InChI=1S/C19H23FN4O/c1-23(2)17(25)13-24-11-5-6-14(12-24)18-19(22-10-9-21-18)15-7-3-4-8-16(15)20/h3-4,7-10,14H,5-6,11-13H2,1-2H3/t14-/m0/s1. The van der Waals surface area contributed by atoms with Gasteiger partial charge in [-0.3, -0.25) is 19.7 Å². The molecule has 1 fully saturated rings. The molecule has 0 bridgehead atoms. The van der Waals surface area contributed by atoms with Crippen LogP contribution in [0.15, 0.2) is 36.7 Å². The number of carbonyl (C=O) groups is 1. The van der Waals surface area contributed by atoms with Crippen molar-refractivity contribution in [3.05, 3.63) is 48.2 Å². The van der Waals surface area contributed by atoms with Crippen molar-refractivity contribution in [3.63, 3.8) is 0 Å². The predicted octanol–water partition coefficient (Wildman–Crippen LogP) is 2.55. The number of piperidine rings is 1. The molecular formula is C19H23FN4O. The van der Waals surface area contributed by atoms with E-state index in [1.165, 1.54) is 6.07 Å². The number of halogens is 1. The fourth-order valence-corrected chi connectivity index (χ4v) is 3.26. The van der Waals surface area contributed by atoms with Gasteiger partial charge in [0.15, 0.2) is 0 Å². The number of likely N-dealkylation sites (N-methyl/N-ethyl adjacent to an activating group) is 1. The first-order valence-electron chi connectivity index (χ1n) is 8.54. The zero-order valence-corrected chi connectivity index (χ0v) is 14.7. The predicted molar refractivity (Wildman–Crippen MR) is 94.5 cm³/mol. The minimum atomic E-state index is -0.292. The van der Waals surface area contributed by atoms with Crippen LogP contribution in [0.1, 0.15) is 24.5 Å². The summed E-state index contributed by atoms with van der Waals surface area (Å²) in [7, 11) is 3.53. The molecule has 3 rings (SSSR count). The normalized spacial score (nSPS) is 18.1. The van der Waals surface area contributed by atoms with Crippen molar-refractivity contribution in [1.82, 2.24) is 19.8 Å². The van der Waals surface area contributed by atoms with E-state index in [9.17, 15) is 9.18 Å². The fraction of sp³-hybridized carbons (Fsp3) is 0.421. The molecule has 132 valence electrons. The topological polar surface area (TPSA) is 49.3 Å². The lowest BCUT2D eigenvalue weighted by atomic mass is 9.91. The molecule has 1 aromatic carbocycles. The van der Waals surface area contributed by atoms with E-state index >= 15 is 0 Å². The Balaban J connectivity index is 1.85. The minimum Gasteiger partial charge on any atom is -0.348 e. The van der Waals surface area contributed by atoms with Crippen LogP contribution in [0.2, 0.25) is 0 Å². The number of nitrogens with zero attached hydrogens (tertiary/aromatic N) is 4. The maximum Gasteiger partial charge on any atom is 0.236 e. The van der Waals surface area contributed by atoms with Gasteiger partial charge in [0, 0.05) is 44.5 Å². The molecule has 1 aliphatic rings. The molecule has 0 unspecified atom stereocenters. The molecule has 5 nitrogen and oxygen atoms in total. The van der Waals surface area contributed by atoms with Gasteiger partial charge in [0.05, 0.1) is 17.9 Å². The van der Waals surface area contributed by atoms with E-state index in [-0.39, 0.29) is 17.6 Å². The summed E-state index contributed by atoms with van der Waals surface area (Å²) in [4.78, 5) is 24.7. The fourth-order valence-electron chi connectivity index (χ4n) is 3.26. The Morgan fingerprint density at radius 3 is 2.80 bits per heavy atom. The quantitative estimate of drug-likeness (QED) is 0.857. The molecule has 1 aliphatic heterocycles. The Bertz CT molecular complexity index is 750. The Hall–Kier alpha value is -2.34. The monoisotopic (exact) mass is 342 g/mol. The maximum atomic E-state index is 14.2. The van der Waals surface area contributed by atoms with Crippen LogP contribution in [-0.4, -0.2) is 59.4 Å². The van der Waals surface area contributed by atoms with Gasteiger partial charge in [-0.15, -0.1) is 0 Å². The highest BCUT2D eigenvalue weighted by atomic mass is 19.1. The van der Waals surface area contributed by atoms with Gasteiger partial charge in [0.2, 0.25) is 5.91 Å². The number of hydrogen-bond donors (Lipinski definition) is 0. The Morgan fingerprint density at radius 2 is 2.04 bits per heavy atom. The largest absolute Gasteiger partial charge is 0.348 e. The van der Waals surface area contributed by atoms with E-state index in [1.54, 1.807) is 49.6 Å². The van der Waals surface area contributed by atoms with Crippen LogP contribution in [0.5, 0.6) is 0 Å². The summed E-state index contributed by atoms with van der Waals surface area (Å²) in [6.07, 6.45) is 5.20. The Morgan fingerprint density at radius 1 is 1.28 bits per heavy atom. The highest BCUT2D eigenvalue weighted by molar-refractivity contribution is 5.77. The third-order valence-electron chi connectivity index (χ3n) is 4.61. The average molecular weight is 342 g/mol. The molecule has 0 radical (unpaired) electrons. The second-order valence-corrected chi connectivity index (χ2v) is 6.63. The van der Waals surface area contributed by atoms with Crippen LogP contribution in [0.3, 0.4) is 0 Å². The van der Waals surface area contributed by atoms with Crippen molar-refractivity contribution in [2.45, 2.75) is 18.8 Å². The average Bonchev–Trinajstić information content (AvgIpc) is 2.62. The van der Waals surface area contributed by atoms with Gasteiger partial charge in [-0.05, 0) is 31.5 Å². The van der Waals surface area contributed by atoms with Crippen LogP contribution < -0.4 is 0 Å². The van der Waals surface area contributed by atoms with Gasteiger partial charge < -0.3 is 4.90 Å². The first-order valence-corrected chi connectivity index (χ1v) is 8.54. The van der Waals surface area contributed by atoms with E-state index in [1.807, 2.05) is 0 Å². The van der Waals surface area contributed by atoms with E-state index in [0.717, 1.165) is 31.6 Å². The molecule has 1 saturated heterocycles. The first-order chi connectivity index (χ1) is 12.1. The Kier molecular flexibility index (Phi) is 5.38. The zero-order chi connectivity index (χ0) is 17.8. The van der Waals surface area contributed by atoms with Crippen molar-refractivity contribution in [3.8, 4) is 11.3 Å². The number of hydrogen-bond acceptors (Lipinski definition) is 4. The van der Waals surface area contributed by atoms with Crippen molar-refractivity contribution < 1.29 is 9.18 Å². The molecular weight excluding hydrogens is 319 g/mol. The maximum absolute atomic E-state index is 14.2. The summed E-state index contributed by atoms with van der Waals surface area (Å²) in [6, 6.07) is 6.65. The van der Waals surface area contributed by atoms with Crippen molar-refractivity contribution in [1.29, 1.82) is 0 Å². The number of aromatic nitrogens is 2. The molecule has 0 N–H and O–H groups in total. The minimum absolute atomic E-state index is 0.0918. The Labute approximate surface area is 147 Å². The number of amides is 1. The third-order valence-corrected chi connectivity index (χ3v) is 4.61. The molecule has 25 heavy (non-hydrogen) atoms. The summed E-state index contributed by atoms with van der Waals surface area (Å²) >= 11 is 0. The van der Waals surface area contributed by atoms with Crippen molar-refractivity contribution >= 4 is 5.91 Å². The zero-order valence-electron chi connectivity index (χ0n) is 14.7. The number of rotatable bonds is 4. The summed E-state index contributed by atoms with van der Waals surface area (Å²) in [5, 5.41) is 0. The number of benzene rings is 1. The highest BCUT2D eigenvalue weighted by Crippen LogP contribution is 2.32. The van der Waals surface area contributed by atoms with Crippen molar-refractivity contribution in [2.24, 2.45) is 0 Å². The molecule has 0 saturated carbocycles. The summed E-state index contributed by atoms with van der Waals surface area (Å²) < 4.78 is 14.2. The van der Waals surface area contributed by atoms with E-state index in [4.69, 9.17) is 0 Å². The molecule has 1 atom stereocenters. The van der Waals surface area contributed by atoms with Gasteiger partial charge >= 0.3 is 0 Å². The molecule has 0 spiro atoms. The first kappa shape index (κ1) is 17.5. The number of carbonyl (C=O) groups excluding carboxylic acids is 1. The molecule has 2 heterocycles. The van der Waals surface area contributed by atoms with Gasteiger partial charge in [-0.1, -0.05) is 12.1 Å². The van der Waals surface area contributed by atoms with Gasteiger partial charge in [-0.25, -0.2) is 4.39 Å². The SMILES string of the molecule is CN(C)C(=O)CN1CCC[C@H](c2nccnc2-c2ccccc2F)C1. The van der Waals surface area contributed by atoms with Crippen LogP contribution in [0, 0.1) is 5.82 Å². The van der Waals surface area contributed by atoms with E-state index in [0.29, 0.717) is 17.8 Å². The van der Waals surface area contributed by atoms with Crippen LogP contribution >= 0.6 is 0 Å². The molecule has 1 aromatic heterocycles. The second kappa shape index (κ2) is 7.70. The van der Waals surface area contributed by atoms with Crippen molar-refractivity contribution in [2.75, 3.05) is 33.7 Å².